The topological polar surface area (TPSA) is 12.9 Å². The molecule has 1 nitrogen and oxygen atoms in total. The zero-order chi connectivity index (χ0) is 34.7. The van der Waals surface area contributed by atoms with Crippen molar-refractivity contribution in [3.8, 4) is 78.0 Å². The van der Waals surface area contributed by atoms with Gasteiger partial charge in [-0.1, -0.05) is 164 Å². The first kappa shape index (κ1) is 31.2. The molecule has 0 spiro atoms. The maximum atomic E-state index is 5.19. The molecule has 0 saturated heterocycles. The number of pyridine rings is 1. The Morgan fingerprint density at radius 1 is 0.231 bits per heavy atom. The van der Waals surface area contributed by atoms with Crippen LogP contribution in [0.3, 0.4) is 0 Å². The lowest BCUT2D eigenvalue weighted by molar-refractivity contribution is 1.40. The molecular weight excluding hydrogens is 627 g/mol. The molecule has 0 saturated carbocycles. The molecule has 0 N–H and O–H groups in total. The van der Waals surface area contributed by atoms with Gasteiger partial charge in [-0.3, -0.25) is 0 Å². The monoisotopic (exact) mass is 661 g/mol. The van der Waals surface area contributed by atoms with Crippen LogP contribution in [0.1, 0.15) is 0 Å². The highest BCUT2D eigenvalue weighted by molar-refractivity contribution is 5.97. The minimum absolute atomic E-state index is 0.958. The molecule has 0 unspecified atom stereocenters. The van der Waals surface area contributed by atoms with Gasteiger partial charge in [-0.15, -0.1) is 0 Å². The summed E-state index contributed by atoms with van der Waals surface area (Å²) >= 11 is 0. The number of hydrogen-bond acceptors (Lipinski definition) is 1. The van der Waals surface area contributed by atoms with Crippen molar-refractivity contribution < 1.29 is 0 Å². The minimum atomic E-state index is 0.958. The van der Waals surface area contributed by atoms with Crippen LogP contribution in [0.5, 0.6) is 0 Å². The van der Waals surface area contributed by atoms with Crippen molar-refractivity contribution >= 4 is 10.9 Å². The average molecular weight is 662 g/mol. The summed E-state index contributed by atoms with van der Waals surface area (Å²) < 4.78 is 0. The highest BCUT2D eigenvalue weighted by Crippen LogP contribution is 2.37. The number of hydrogen-bond donors (Lipinski definition) is 0. The van der Waals surface area contributed by atoms with Gasteiger partial charge in [0.2, 0.25) is 0 Å². The Morgan fingerprint density at radius 2 is 0.577 bits per heavy atom. The fourth-order valence-corrected chi connectivity index (χ4v) is 7.18. The van der Waals surface area contributed by atoms with Gasteiger partial charge in [-0.25, -0.2) is 4.98 Å². The largest absolute Gasteiger partial charge is 0.248 e. The van der Waals surface area contributed by atoms with E-state index in [4.69, 9.17) is 4.98 Å². The summed E-state index contributed by atoms with van der Waals surface area (Å²) in [6.07, 6.45) is 0. The second-order valence-corrected chi connectivity index (χ2v) is 13.2. The molecule has 8 aromatic carbocycles. The fraction of sp³-hybridized carbons (Fsp3) is 0. The van der Waals surface area contributed by atoms with Gasteiger partial charge in [0, 0.05) is 10.9 Å². The first-order valence-electron chi connectivity index (χ1n) is 17.8. The molecule has 52 heavy (non-hydrogen) atoms. The van der Waals surface area contributed by atoms with E-state index in [2.05, 4.69) is 212 Å². The Hall–Kier alpha value is -6.83. The van der Waals surface area contributed by atoms with Crippen LogP contribution in [0.4, 0.5) is 0 Å². The Bertz CT molecular complexity index is 2600. The van der Waals surface area contributed by atoms with Gasteiger partial charge in [-0.2, -0.15) is 0 Å². The summed E-state index contributed by atoms with van der Waals surface area (Å²) in [6.45, 7) is 0. The highest BCUT2D eigenvalue weighted by atomic mass is 14.7. The van der Waals surface area contributed by atoms with Crippen molar-refractivity contribution in [2.45, 2.75) is 0 Å². The van der Waals surface area contributed by atoms with E-state index in [0.717, 1.165) is 27.7 Å². The van der Waals surface area contributed by atoms with Crippen molar-refractivity contribution in [3.63, 3.8) is 0 Å². The minimum Gasteiger partial charge on any atom is -0.248 e. The van der Waals surface area contributed by atoms with Gasteiger partial charge in [-0.05, 0) is 115 Å². The number of aromatic nitrogens is 1. The summed E-state index contributed by atoms with van der Waals surface area (Å²) in [5.74, 6) is 0. The fourth-order valence-electron chi connectivity index (χ4n) is 7.18. The number of benzene rings is 8. The third-order valence-corrected chi connectivity index (χ3v) is 9.83. The summed E-state index contributed by atoms with van der Waals surface area (Å²) in [5, 5.41) is 1.15. The molecule has 0 aliphatic rings. The third-order valence-electron chi connectivity index (χ3n) is 9.83. The average Bonchev–Trinajstić information content (AvgIpc) is 3.24. The number of para-hydroxylation sites is 1. The molecule has 0 aliphatic heterocycles. The molecule has 9 rings (SSSR count). The van der Waals surface area contributed by atoms with E-state index in [1.165, 1.54) is 61.2 Å². The quantitative estimate of drug-likeness (QED) is 0.166. The van der Waals surface area contributed by atoms with E-state index in [-0.39, 0.29) is 0 Å². The predicted molar refractivity (Wildman–Crippen MR) is 220 cm³/mol. The molecule has 0 bridgehead atoms. The van der Waals surface area contributed by atoms with Crippen molar-refractivity contribution in [1.29, 1.82) is 0 Å². The first-order valence-corrected chi connectivity index (χ1v) is 17.8. The summed E-state index contributed by atoms with van der Waals surface area (Å²) in [6, 6.07) is 76.0. The van der Waals surface area contributed by atoms with Crippen molar-refractivity contribution in [3.05, 3.63) is 212 Å². The Morgan fingerprint density at radius 3 is 1.15 bits per heavy atom. The molecule has 1 heterocycles. The van der Waals surface area contributed by atoms with Gasteiger partial charge >= 0.3 is 0 Å². The Labute approximate surface area is 305 Å². The molecule has 0 aliphatic carbocycles. The van der Waals surface area contributed by atoms with Crippen molar-refractivity contribution in [1.82, 2.24) is 4.98 Å². The third kappa shape index (κ3) is 6.33. The van der Waals surface area contributed by atoms with Crippen molar-refractivity contribution in [2.75, 3.05) is 0 Å². The molecule has 0 atom stereocenters. The zero-order valence-corrected chi connectivity index (χ0v) is 28.7. The molecule has 0 fully saturated rings. The van der Waals surface area contributed by atoms with Gasteiger partial charge in [0.15, 0.2) is 0 Å². The lowest BCUT2D eigenvalue weighted by Gasteiger charge is -2.14. The van der Waals surface area contributed by atoms with E-state index in [0.29, 0.717) is 0 Å². The normalized spacial score (nSPS) is 11.1. The summed E-state index contributed by atoms with van der Waals surface area (Å²) in [4.78, 5) is 5.19. The lowest BCUT2D eigenvalue weighted by atomic mass is 9.91. The Balaban J connectivity index is 1.12. The highest BCUT2D eigenvalue weighted by Gasteiger charge is 2.13. The van der Waals surface area contributed by atoms with Crippen LogP contribution in [0.25, 0.3) is 88.9 Å². The molecular formula is C51H35N. The van der Waals surface area contributed by atoms with E-state index < -0.39 is 0 Å². The van der Waals surface area contributed by atoms with Crippen LogP contribution in [-0.4, -0.2) is 4.98 Å². The second kappa shape index (κ2) is 13.8. The van der Waals surface area contributed by atoms with E-state index in [1.54, 1.807) is 0 Å². The van der Waals surface area contributed by atoms with Crippen molar-refractivity contribution in [2.24, 2.45) is 0 Å². The number of nitrogens with zero attached hydrogens (tertiary/aromatic N) is 1. The first-order chi connectivity index (χ1) is 25.7. The number of fused-ring (bicyclic) bond motifs is 1. The van der Waals surface area contributed by atoms with Gasteiger partial charge < -0.3 is 0 Å². The van der Waals surface area contributed by atoms with Crippen LogP contribution in [0.15, 0.2) is 212 Å². The second-order valence-electron chi connectivity index (χ2n) is 13.2. The van der Waals surface area contributed by atoms with Crippen LogP contribution in [0, 0.1) is 0 Å². The summed E-state index contributed by atoms with van der Waals surface area (Å²) in [7, 11) is 0. The summed E-state index contributed by atoms with van der Waals surface area (Å²) in [5.41, 5.74) is 17.3. The maximum Gasteiger partial charge on any atom is 0.0716 e. The van der Waals surface area contributed by atoms with Gasteiger partial charge in [0.1, 0.15) is 0 Å². The van der Waals surface area contributed by atoms with E-state index in [9.17, 15) is 0 Å². The van der Waals surface area contributed by atoms with Gasteiger partial charge in [0.05, 0.1) is 11.2 Å². The number of rotatable bonds is 7. The molecule has 0 radical (unpaired) electrons. The molecule has 9 aromatic rings. The molecule has 1 heteroatoms. The van der Waals surface area contributed by atoms with Crippen LogP contribution < -0.4 is 0 Å². The molecule has 0 amide bonds. The zero-order valence-electron chi connectivity index (χ0n) is 28.7. The van der Waals surface area contributed by atoms with Crippen LogP contribution in [0.2, 0.25) is 0 Å². The standard InChI is InChI=1S/C51H35N/c1-4-15-36(16-5-1)39-21-13-25-43(30-39)49-35-51(52-50-28-11-10-27-48(49)50)44-26-14-23-41(31-44)40-22-12-24-42(29-40)47-33-45(37-17-6-2-7-18-37)32-46(34-47)38-19-8-3-9-20-38/h1-35H. The van der Waals surface area contributed by atoms with E-state index >= 15 is 0 Å². The lowest BCUT2D eigenvalue weighted by Crippen LogP contribution is -1.91. The van der Waals surface area contributed by atoms with Crippen LogP contribution in [-0.2, 0) is 0 Å². The predicted octanol–water partition coefficient (Wildman–Crippen LogP) is 13.9. The SMILES string of the molecule is c1ccc(-c2cc(-c3ccccc3)cc(-c3cccc(-c4cccc(-c5cc(-c6cccc(-c7ccccc7)c6)c6ccccc6n5)c4)c3)c2)cc1. The smallest absolute Gasteiger partial charge is 0.0716 e. The van der Waals surface area contributed by atoms with Crippen LogP contribution >= 0.6 is 0 Å². The van der Waals surface area contributed by atoms with Gasteiger partial charge in [0.25, 0.3) is 0 Å². The van der Waals surface area contributed by atoms with E-state index in [1.807, 2.05) is 0 Å². The molecule has 1 aromatic heterocycles. The molecule has 244 valence electrons. The maximum absolute atomic E-state index is 5.19. The Kier molecular flexibility index (Phi) is 8.29.